The van der Waals surface area contributed by atoms with E-state index >= 15 is 0 Å². The Morgan fingerprint density at radius 2 is 2.12 bits per heavy atom. The average molecular weight is 472 g/mol. The van der Waals surface area contributed by atoms with Crippen LogP contribution in [0.4, 0.5) is 5.69 Å². The van der Waals surface area contributed by atoms with Crippen LogP contribution in [0, 0.1) is 13.7 Å². The Morgan fingerprint density at radius 1 is 1.36 bits per heavy atom. The molecule has 0 radical (unpaired) electrons. The van der Waals surface area contributed by atoms with Gasteiger partial charge in [-0.3, -0.25) is 14.9 Å². The molecular weight excluding hydrogens is 461 g/mol. The van der Waals surface area contributed by atoms with E-state index in [-0.39, 0.29) is 22.5 Å². The molecule has 1 aliphatic heterocycles. The lowest BCUT2D eigenvalue weighted by Gasteiger charge is -2.20. The van der Waals surface area contributed by atoms with Crippen LogP contribution in [0.2, 0.25) is 5.02 Å². The summed E-state index contributed by atoms with van der Waals surface area (Å²) in [5.41, 5.74) is 0.854. The molecule has 0 aromatic heterocycles. The molecule has 0 saturated heterocycles. The van der Waals surface area contributed by atoms with Gasteiger partial charge in [0.1, 0.15) is 0 Å². The van der Waals surface area contributed by atoms with E-state index in [4.69, 9.17) is 16.3 Å². The van der Waals surface area contributed by atoms with Gasteiger partial charge in [-0.2, -0.15) is 5.01 Å². The van der Waals surface area contributed by atoms with E-state index in [9.17, 15) is 14.9 Å². The third-order valence-corrected chi connectivity index (χ3v) is 4.51. The van der Waals surface area contributed by atoms with E-state index in [1.54, 1.807) is 6.07 Å². The van der Waals surface area contributed by atoms with Gasteiger partial charge < -0.3 is 4.74 Å². The molecule has 0 bridgehead atoms. The highest BCUT2D eigenvalue weighted by molar-refractivity contribution is 14.1. The van der Waals surface area contributed by atoms with E-state index in [1.165, 1.54) is 25.1 Å². The second-order valence-electron chi connectivity index (χ2n) is 5.21. The van der Waals surface area contributed by atoms with Crippen molar-refractivity contribution in [3.05, 3.63) is 72.3 Å². The number of nitro groups is 1. The van der Waals surface area contributed by atoms with E-state index < -0.39 is 11.2 Å². The first-order valence-electron chi connectivity index (χ1n) is 7.11. The zero-order chi connectivity index (χ0) is 18.1. The van der Waals surface area contributed by atoms with Crippen LogP contribution in [0.3, 0.4) is 0 Å². The number of carbonyl (C=O) groups is 1. The SMILES string of the molecule is CC(=O)N1N=C(c2cccc(I)c2)O[C@H]1c1cc([N+](=O)[O-])ccc1Cl. The lowest BCUT2D eigenvalue weighted by molar-refractivity contribution is -0.385. The summed E-state index contributed by atoms with van der Waals surface area (Å²) in [7, 11) is 0. The van der Waals surface area contributed by atoms with Crippen molar-refractivity contribution >= 4 is 51.7 Å². The number of ether oxygens (including phenoxy) is 1. The van der Waals surface area contributed by atoms with E-state index in [2.05, 4.69) is 27.7 Å². The summed E-state index contributed by atoms with van der Waals surface area (Å²) >= 11 is 8.33. The van der Waals surface area contributed by atoms with Crippen molar-refractivity contribution < 1.29 is 14.5 Å². The first-order chi connectivity index (χ1) is 11.9. The number of nitrogens with zero attached hydrogens (tertiary/aromatic N) is 3. The number of benzene rings is 2. The smallest absolute Gasteiger partial charge is 0.270 e. The van der Waals surface area contributed by atoms with Crippen molar-refractivity contribution in [2.24, 2.45) is 5.10 Å². The summed E-state index contributed by atoms with van der Waals surface area (Å²) in [6.45, 7) is 1.34. The van der Waals surface area contributed by atoms with Crippen molar-refractivity contribution in [3.8, 4) is 0 Å². The molecule has 2 aromatic carbocycles. The van der Waals surface area contributed by atoms with Crippen LogP contribution in [0.15, 0.2) is 47.6 Å². The Kier molecular flexibility index (Phi) is 4.91. The number of halogens is 2. The topological polar surface area (TPSA) is 85.0 Å². The molecule has 0 spiro atoms. The molecule has 0 N–H and O–H groups in total. The van der Waals surface area contributed by atoms with Crippen molar-refractivity contribution in [2.45, 2.75) is 13.2 Å². The molecule has 1 aliphatic rings. The Labute approximate surface area is 161 Å². The van der Waals surface area contributed by atoms with Crippen LogP contribution in [-0.4, -0.2) is 21.7 Å². The highest BCUT2D eigenvalue weighted by Gasteiger charge is 2.35. The van der Waals surface area contributed by atoms with Crippen molar-refractivity contribution in [1.29, 1.82) is 0 Å². The number of carbonyl (C=O) groups excluding carboxylic acids is 1. The van der Waals surface area contributed by atoms with Gasteiger partial charge in [0.2, 0.25) is 18.0 Å². The lowest BCUT2D eigenvalue weighted by Crippen LogP contribution is -2.25. The van der Waals surface area contributed by atoms with Crippen molar-refractivity contribution in [3.63, 3.8) is 0 Å². The number of rotatable bonds is 3. The Morgan fingerprint density at radius 3 is 2.76 bits per heavy atom. The molecule has 25 heavy (non-hydrogen) atoms. The van der Waals surface area contributed by atoms with Crippen LogP contribution in [-0.2, 0) is 9.53 Å². The van der Waals surface area contributed by atoms with Gasteiger partial charge >= 0.3 is 0 Å². The molecule has 9 heteroatoms. The van der Waals surface area contributed by atoms with Gasteiger partial charge in [0.05, 0.1) is 4.92 Å². The molecule has 1 heterocycles. The first kappa shape index (κ1) is 17.6. The minimum atomic E-state index is -0.960. The summed E-state index contributed by atoms with van der Waals surface area (Å²) in [5.74, 6) is -0.116. The van der Waals surface area contributed by atoms with Crippen molar-refractivity contribution in [2.75, 3.05) is 0 Å². The largest absolute Gasteiger partial charge is 0.446 e. The first-order valence-corrected chi connectivity index (χ1v) is 8.57. The minimum absolute atomic E-state index is 0.144. The molecule has 128 valence electrons. The maximum absolute atomic E-state index is 12.0. The summed E-state index contributed by atoms with van der Waals surface area (Å²) in [6.07, 6.45) is -0.960. The number of non-ortho nitro benzene ring substituents is 1. The fourth-order valence-corrected chi connectivity index (χ4v) is 3.10. The number of nitro benzene ring substituents is 1. The third kappa shape index (κ3) is 3.59. The predicted octanol–water partition coefficient (Wildman–Crippen LogP) is 4.09. The normalized spacial score (nSPS) is 16.4. The average Bonchev–Trinajstić information content (AvgIpc) is 3.00. The second-order valence-corrected chi connectivity index (χ2v) is 6.87. The Hall–Kier alpha value is -2.20. The molecule has 7 nitrogen and oxygen atoms in total. The maximum atomic E-state index is 12.0. The molecular formula is C16H11ClIN3O4. The summed E-state index contributed by atoms with van der Waals surface area (Å²) in [6, 6.07) is 11.4. The lowest BCUT2D eigenvalue weighted by atomic mass is 10.1. The molecule has 3 rings (SSSR count). The molecule has 2 aromatic rings. The molecule has 0 saturated carbocycles. The van der Waals surface area contributed by atoms with Gasteiger partial charge in [-0.15, -0.1) is 5.10 Å². The van der Waals surface area contributed by atoms with Crippen LogP contribution >= 0.6 is 34.2 Å². The zero-order valence-corrected chi connectivity index (χ0v) is 15.8. The van der Waals surface area contributed by atoms with Crippen LogP contribution in [0.25, 0.3) is 0 Å². The molecule has 1 atom stereocenters. The van der Waals surface area contributed by atoms with E-state index in [0.717, 1.165) is 8.58 Å². The molecule has 0 aliphatic carbocycles. The van der Waals surface area contributed by atoms with E-state index in [0.29, 0.717) is 11.1 Å². The highest BCUT2D eigenvalue weighted by atomic mass is 127. The van der Waals surface area contributed by atoms with Crippen LogP contribution < -0.4 is 0 Å². The predicted molar refractivity (Wildman–Crippen MR) is 100 cm³/mol. The Balaban J connectivity index is 2.02. The van der Waals surface area contributed by atoms with Crippen molar-refractivity contribution in [1.82, 2.24) is 5.01 Å². The van der Waals surface area contributed by atoms with Gasteiger partial charge in [-0.25, -0.2) is 0 Å². The summed E-state index contributed by atoms with van der Waals surface area (Å²) in [5, 5.41) is 16.6. The minimum Gasteiger partial charge on any atom is -0.446 e. The van der Waals surface area contributed by atoms with Gasteiger partial charge in [0, 0.05) is 38.8 Å². The zero-order valence-electron chi connectivity index (χ0n) is 12.8. The van der Waals surface area contributed by atoms with Gasteiger partial charge in [0.15, 0.2) is 0 Å². The summed E-state index contributed by atoms with van der Waals surface area (Å²) < 4.78 is 6.80. The third-order valence-electron chi connectivity index (χ3n) is 3.49. The van der Waals surface area contributed by atoms with E-state index in [1.807, 2.05) is 18.2 Å². The monoisotopic (exact) mass is 471 g/mol. The molecule has 1 amide bonds. The number of hydrogen-bond acceptors (Lipinski definition) is 5. The molecule has 0 unspecified atom stereocenters. The fourth-order valence-electron chi connectivity index (χ4n) is 2.34. The fraction of sp³-hybridized carbons (Fsp3) is 0.125. The standard InChI is InChI=1S/C16H11ClIN3O4/c1-9(22)20-16(13-8-12(21(23)24)5-6-14(13)17)25-15(19-20)10-3-2-4-11(18)7-10/h2-8,16H,1H3/t16-/m0/s1. The molecule has 0 fully saturated rings. The number of hydrogen-bond donors (Lipinski definition) is 0. The Bertz CT molecular complexity index is 903. The number of amides is 1. The van der Waals surface area contributed by atoms with Crippen LogP contribution in [0.1, 0.15) is 24.3 Å². The van der Waals surface area contributed by atoms with Crippen LogP contribution in [0.5, 0.6) is 0 Å². The number of hydrazone groups is 1. The van der Waals surface area contributed by atoms with Gasteiger partial charge in [-0.05, 0) is 46.9 Å². The van der Waals surface area contributed by atoms with Gasteiger partial charge in [-0.1, -0.05) is 17.7 Å². The second kappa shape index (κ2) is 6.96. The maximum Gasteiger partial charge on any atom is 0.270 e. The summed E-state index contributed by atoms with van der Waals surface area (Å²) in [4.78, 5) is 22.5. The highest BCUT2D eigenvalue weighted by Crippen LogP contribution is 2.36. The van der Waals surface area contributed by atoms with Gasteiger partial charge in [0.25, 0.3) is 5.69 Å². The quantitative estimate of drug-likeness (QED) is 0.383.